The first kappa shape index (κ1) is 43.7. The maximum absolute atomic E-state index is 14.5. The van der Waals surface area contributed by atoms with Crippen LogP contribution in [0.25, 0.3) is 21.8 Å². The monoisotopic (exact) mass is 853 g/mol. The number of aliphatic hydroxyl groups excluding tert-OH is 1. The molecule has 5 unspecified atom stereocenters. The number of aliphatic hydroxyl groups is 1. The molecule has 1 aliphatic heterocycles. The van der Waals surface area contributed by atoms with Gasteiger partial charge in [0.1, 0.15) is 40.6 Å². The SMILES string of the molecule is COc1cccc2[nH]cc(CC3NC(=O)C(Cc4c[nH]c5ccccc45)NC(=O)c4csc(n4)C(CO)NC(=O)CN(C)C(=O)/C(C)=C\C(=O)C(C)NC(=O)C(C)NC3=O)c12. The molecule has 6 rings (SSSR count). The Morgan fingerprint density at radius 1 is 0.787 bits per heavy atom. The minimum absolute atomic E-state index is 0.0121. The number of amides is 6. The number of H-pyrrole nitrogens is 2. The first-order valence-corrected chi connectivity index (χ1v) is 20.3. The van der Waals surface area contributed by atoms with Gasteiger partial charge in [-0.2, -0.15) is 0 Å². The van der Waals surface area contributed by atoms with E-state index < -0.39 is 84.6 Å². The molecule has 2 aromatic carbocycles. The van der Waals surface area contributed by atoms with Gasteiger partial charge in [0.25, 0.3) is 5.91 Å². The van der Waals surface area contributed by atoms with E-state index in [4.69, 9.17) is 4.74 Å². The fourth-order valence-corrected chi connectivity index (χ4v) is 7.81. The number of hydrogen-bond acceptors (Lipinski definition) is 11. The van der Waals surface area contributed by atoms with Crippen molar-refractivity contribution >= 4 is 74.4 Å². The Kier molecular flexibility index (Phi) is 13.6. The summed E-state index contributed by atoms with van der Waals surface area (Å²) >= 11 is 0.988. The number of thiazole rings is 1. The van der Waals surface area contributed by atoms with Crippen LogP contribution < -0.4 is 31.3 Å². The third kappa shape index (κ3) is 10.1. The van der Waals surface area contributed by atoms with Gasteiger partial charge in [0, 0.05) is 65.0 Å². The topological polar surface area (TPSA) is 257 Å². The Hall–Kier alpha value is -6.86. The molecule has 0 saturated heterocycles. The molecule has 5 aromatic rings. The molecular weight excluding hydrogens is 807 g/mol. The minimum atomic E-state index is -1.31. The van der Waals surface area contributed by atoms with Gasteiger partial charge in [-0.05, 0) is 56.2 Å². The van der Waals surface area contributed by atoms with E-state index in [9.17, 15) is 38.7 Å². The Morgan fingerprint density at radius 2 is 1.44 bits per heavy atom. The number of para-hydroxylation sites is 1. The predicted octanol–water partition coefficient (Wildman–Crippen LogP) is 1.33. The van der Waals surface area contributed by atoms with E-state index in [1.165, 1.54) is 40.3 Å². The molecule has 6 amide bonds. The molecule has 320 valence electrons. The van der Waals surface area contributed by atoms with E-state index in [-0.39, 0.29) is 29.1 Å². The number of aromatic amines is 2. The van der Waals surface area contributed by atoms with E-state index >= 15 is 0 Å². The third-order valence-corrected chi connectivity index (χ3v) is 11.2. The van der Waals surface area contributed by atoms with Gasteiger partial charge in [-0.1, -0.05) is 24.3 Å². The Balaban J connectivity index is 1.38. The fraction of sp³-hybridized carbons (Fsp3) is 0.333. The van der Waals surface area contributed by atoms with Crippen molar-refractivity contribution in [3.8, 4) is 5.75 Å². The number of likely N-dealkylation sites (N-methyl/N-ethyl adjacent to an activating group) is 1. The van der Waals surface area contributed by atoms with Crippen molar-refractivity contribution in [1.82, 2.24) is 46.4 Å². The van der Waals surface area contributed by atoms with E-state index in [2.05, 4.69) is 41.5 Å². The maximum atomic E-state index is 14.5. The first-order valence-electron chi connectivity index (χ1n) is 19.4. The van der Waals surface area contributed by atoms with Crippen LogP contribution in [0.4, 0.5) is 0 Å². The number of aromatic nitrogens is 3. The van der Waals surface area contributed by atoms with Crippen molar-refractivity contribution in [2.24, 2.45) is 0 Å². The van der Waals surface area contributed by atoms with E-state index in [0.717, 1.165) is 33.2 Å². The van der Waals surface area contributed by atoms with Gasteiger partial charge in [0.15, 0.2) is 5.78 Å². The molecule has 1 aliphatic rings. The van der Waals surface area contributed by atoms with Crippen molar-refractivity contribution in [3.05, 3.63) is 93.7 Å². The normalized spacial score (nSPS) is 22.7. The zero-order valence-corrected chi connectivity index (χ0v) is 34.9. The molecule has 0 fully saturated rings. The largest absolute Gasteiger partial charge is 0.496 e. The van der Waals surface area contributed by atoms with Crippen molar-refractivity contribution in [2.45, 2.75) is 63.8 Å². The zero-order valence-electron chi connectivity index (χ0n) is 34.1. The molecule has 4 heterocycles. The highest BCUT2D eigenvalue weighted by Gasteiger charge is 2.32. The molecule has 0 aliphatic carbocycles. The Bertz CT molecular complexity index is 2520. The zero-order chi connectivity index (χ0) is 44.0. The second-order valence-electron chi connectivity index (χ2n) is 14.8. The lowest BCUT2D eigenvalue weighted by Gasteiger charge is -2.25. The van der Waals surface area contributed by atoms with Crippen LogP contribution >= 0.6 is 11.3 Å². The maximum Gasteiger partial charge on any atom is 0.271 e. The van der Waals surface area contributed by atoms with Gasteiger partial charge in [-0.25, -0.2) is 4.98 Å². The van der Waals surface area contributed by atoms with Gasteiger partial charge in [0.2, 0.25) is 29.5 Å². The van der Waals surface area contributed by atoms with Crippen LogP contribution in [0.3, 0.4) is 0 Å². The standard InChI is InChI=1S/C42H47N9O9S/c1-21-13-33(53)22(2)45-37(55)23(3)46-38(56)30(15-25-17-44-28-11-8-12-34(60-5)36(25)28)48-39(57)29(14-24-16-43-27-10-7-6-9-26(24)27)49-40(58)32-20-61-41(50-32)31(19-52)47-35(54)18-51(4)42(21)59/h6-13,16-17,20,22-23,29-31,43-44,52H,14-15,18-19H2,1-5H3,(H,45,55)(H,46,56)(H,47,54)(H,48,57)(H,49,58)/b21-13-. The number of hydrogen-bond donors (Lipinski definition) is 8. The molecule has 0 radical (unpaired) electrons. The van der Waals surface area contributed by atoms with Crippen molar-refractivity contribution in [3.63, 3.8) is 0 Å². The fourth-order valence-electron chi connectivity index (χ4n) is 6.97. The highest BCUT2D eigenvalue weighted by molar-refractivity contribution is 7.10. The molecule has 18 nitrogen and oxygen atoms in total. The summed E-state index contributed by atoms with van der Waals surface area (Å²) in [7, 11) is 2.86. The summed E-state index contributed by atoms with van der Waals surface area (Å²) in [5.74, 6) is -4.34. The lowest BCUT2D eigenvalue weighted by Crippen LogP contribution is -2.57. The van der Waals surface area contributed by atoms with Crippen LogP contribution in [0.2, 0.25) is 0 Å². The summed E-state index contributed by atoms with van der Waals surface area (Å²) in [4.78, 5) is 107. The Morgan fingerprint density at radius 3 is 2.20 bits per heavy atom. The highest BCUT2D eigenvalue weighted by Crippen LogP contribution is 2.29. The minimum Gasteiger partial charge on any atom is -0.496 e. The number of fused-ring (bicyclic) bond motifs is 4. The number of nitrogens with one attached hydrogen (secondary N) is 7. The van der Waals surface area contributed by atoms with Crippen LogP contribution in [0, 0.1) is 0 Å². The second-order valence-corrected chi connectivity index (χ2v) is 15.7. The summed E-state index contributed by atoms with van der Waals surface area (Å²) in [6.07, 6.45) is 4.37. The van der Waals surface area contributed by atoms with Gasteiger partial charge in [-0.15, -0.1) is 11.3 Å². The van der Waals surface area contributed by atoms with Crippen LogP contribution in [0.15, 0.2) is 71.9 Å². The van der Waals surface area contributed by atoms with Crippen LogP contribution in [-0.4, -0.2) is 118 Å². The van der Waals surface area contributed by atoms with Crippen molar-refractivity contribution in [1.29, 1.82) is 0 Å². The summed E-state index contributed by atoms with van der Waals surface area (Å²) in [5.41, 5.74) is 2.69. The van der Waals surface area contributed by atoms with Gasteiger partial charge in [0.05, 0.1) is 26.3 Å². The first-order chi connectivity index (χ1) is 29.2. The molecule has 3 aromatic heterocycles. The smallest absolute Gasteiger partial charge is 0.271 e. The van der Waals surface area contributed by atoms with E-state index in [0.29, 0.717) is 27.8 Å². The predicted molar refractivity (Wildman–Crippen MR) is 225 cm³/mol. The van der Waals surface area contributed by atoms with Gasteiger partial charge in [-0.3, -0.25) is 33.6 Å². The molecule has 61 heavy (non-hydrogen) atoms. The molecule has 5 atom stereocenters. The molecule has 0 spiro atoms. The lowest BCUT2D eigenvalue weighted by molar-refractivity contribution is -0.133. The number of rotatable bonds is 6. The number of carbonyl (C=O) groups excluding carboxylic acids is 7. The number of ketones is 1. The molecular formula is C42H47N9O9S. The second kappa shape index (κ2) is 19.0. The summed E-state index contributed by atoms with van der Waals surface area (Å²) in [6.45, 7) is 3.17. The number of nitrogens with zero attached hydrogens (tertiary/aromatic N) is 2. The number of methoxy groups -OCH3 is 1. The number of benzene rings is 2. The lowest BCUT2D eigenvalue weighted by atomic mass is 10.0. The Labute approximate surface area is 353 Å². The van der Waals surface area contributed by atoms with E-state index in [1.807, 2.05) is 30.3 Å². The summed E-state index contributed by atoms with van der Waals surface area (Å²) < 4.78 is 5.60. The number of ether oxygens (including phenoxy) is 1. The van der Waals surface area contributed by atoms with Crippen molar-refractivity contribution < 1.29 is 43.4 Å². The molecule has 19 heteroatoms. The molecule has 0 saturated carbocycles. The average molecular weight is 854 g/mol. The van der Waals surface area contributed by atoms with Gasteiger partial charge < -0.3 is 51.3 Å². The average Bonchev–Trinajstić information content (AvgIpc) is 4.01. The van der Waals surface area contributed by atoms with Crippen LogP contribution in [0.1, 0.15) is 53.4 Å². The van der Waals surface area contributed by atoms with Gasteiger partial charge >= 0.3 is 0 Å². The molecule has 8 N–H and O–H groups in total. The van der Waals surface area contributed by atoms with E-state index in [1.54, 1.807) is 24.5 Å². The third-order valence-electron chi connectivity index (χ3n) is 10.3. The van der Waals surface area contributed by atoms with Crippen LogP contribution in [-0.2, 0) is 41.6 Å². The number of carbonyl (C=O) groups is 7. The summed E-state index contributed by atoms with van der Waals surface area (Å²) in [5, 5.41) is 26.7. The highest BCUT2D eigenvalue weighted by atomic mass is 32.1. The molecule has 2 bridgehead atoms. The van der Waals surface area contributed by atoms with Crippen LogP contribution in [0.5, 0.6) is 5.75 Å². The quantitative estimate of drug-likeness (QED) is 0.122. The van der Waals surface area contributed by atoms with Crippen molar-refractivity contribution in [2.75, 3.05) is 27.3 Å². The summed E-state index contributed by atoms with van der Waals surface area (Å²) in [6, 6.07) is 6.83.